The molecule has 1 nitrogen and oxygen atoms in total. The largest absolute Gasteiger partial charge is 0.380 e. The predicted molar refractivity (Wildman–Crippen MR) is 68.4 cm³/mol. The van der Waals surface area contributed by atoms with Gasteiger partial charge in [0, 0.05) is 6.04 Å². The summed E-state index contributed by atoms with van der Waals surface area (Å²) in [6, 6.07) is 5.76. The lowest BCUT2D eigenvalue weighted by Crippen LogP contribution is -2.19. The van der Waals surface area contributed by atoms with E-state index in [-0.39, 0.29) is 5.82 Å². The molecule has 0 spiro atoms. The molecule has 16 heavy (non-hydrogen) atoms. The second-order valence-corrected chi connectivity index (χ2v) is 4.40. The molecule has 0 heterocycles. The van der Waals surface area contributed by atoms with Crippen LogP contribution in [-0.4, -0.2) is 6.04 Å². The summed E-state index contributed by atoms with van der Waals surface area (Å²) >= 11 is 0. The molecule has 0 aliphatic heterocycles. The molecule has 0 aliphatic carbocycles. The molecule has 0 fully saturated rings. The normalized spacial score (nSPS) is 10.8. The van der Waals surface area contributed by atoms with Gasteiger partial charge in [-0.25, -0.2) is 4.39 Å². The third-order valence-electron chi connectivity index (χ3n) is 2.76. The molecule has 2 heteroatoms. The van der Waals surface area contributed by atoms with Gasteiger partial charge in [-0.1, -0.05) is 32.8 Å². The molecule has 90 valence electrons. The van der Waals surface area contributed by atoms with Crippen molar-refractivity contribution in [3.8, 4) is 0 Å². The molecule has 0 bridgehead atoms. The van der Waals surface area contributed by atoms with Gasteiger partial charge >= 0.3 is 0 Å². The maximum atomic E-state index is 13.6. The second kappa shape index (κ2) is 6.51. The van der Waals surface area contributed by atoms with Crippen LogP contribution >= 0.6 is 0 Å². The molecular formula is C14H22FN. The smallest absolute Gasteiger partial charge is 0.146 e. The lowest BCUT2D eigenvalue weighted by Gasteiger charge is -2.19. The van der Waals surface area contributed by atoms with Crippen molar-refractivity contribution in [3.63, 3.8) is 0 Å². The average Bonchev–Trinajstić information content (AvgIpc) is 2.23. The first-order valence-corrected chi connectivity index (χ1v) is 6.20. The maximum Gasteiger partial charge on any atom is 0.146 e. The highest BCUT2D eigenvalue weighted by Gasteiger charge is 2.09. The Hall–Kier alpha value is -1.05. The van der Waals surface area contributed by atoms with Crippen LogP contribution in [0, 0.1) is 12.7 Å². The third kappa shape index (κ3) is 3.84. The Morgan fingerprint density at radius 2 is 1.81 bits per heavy atom. The number of hydrogen-bond acceptors (Lipinski definition) is 1. The monoisotopic (exact) mass is 223 g/mol. The van der Waals surface area contributed by atoms with Gasteiger partial charge in [0.25, 0.3) is 0 Å². The van der Waals surface area contributed by atoms with Crippen LogP contribution < -0.4 is 5.32 Å². The van der Waals surface area contributed by atoms with Gasteiger partial charge < -0.3 is 5.32 Å². The molecule has 0 saturated carbocycles. The first kappa shape index (κ1) is 13.0. The predicted octanol–water partition coefficient (Wildman–Crippen LogP) is 4.51. The Kier molecular flexibility index (Phi) is 5.30. The van der Waals surface area contributed by atoms with E-state index in [9.17, 15) is 4.39 Å². The molecule has 1 N–H and O–H groups in total. The third-order valence-corrected chi connectivity index (χ3v) is 2.76. The SMILES string of the molecule is CCCC(CCC)Nc1ccc(C)cc1F. The Balaban J connectivity index is 2.68. The van der Waals surface area contributed by atoms with Gasteiger partial charge in [0.2, 0.25) is 0 Å². The topological polar surface area (TPSA) is 12.0 Å². The van der Waals surface area contributed by atoms with Gasteiger partial charge in [0.1, 0.15) is 5.82 Å². The number of hydrogen-bond donors (Lipinski definition) is 1. The highest BCUT2D eigenvalue weighted by Crippen LogP contribution is 2.19. The fraction of sp³-hybridized carbons (Fsp3) is 0.571. The van der Waals surface area contributed by atoms with Gasteiger partial charge in [-0.2, -0.15) is 0 Å². The van der Waals surface area contributed by atoms with E-state index in [1.807, 2.05) is 19.1 Å². The van der Waals surface area contributed by atoms with E-state index in [1.165, 1.54) is 0 Å². The summed E-state index contributed by atoms with van der Waals surface area (Å²) in [5, 5.41) is 3.30. The minimum absolute atomic E-state index is 0.141. The van der Waals surface area contributed by atoms with Crippen LogP contribution in [0.1, 0.15) is 45.1 Å². The molecule has 1 aromatic carbocycles. The van der Waals surface area contributed by atoms with Gasteiger partial charge in [-0.05, 0) is 37.5 Å². The van der Waals surface area contributed by atoms with E-state index in [0.29, 0.717) is 11.7 Å². The first-order chi connectivity index (χ1) is 7.67. The average molecular weight is 223 g/mol. The number of aryl methyl sites for hydroxylation is 1. The molecule has 0 radical (unpaired) electrons. The number of halogens is 1. The number of benzene rings is 1. The van der Waals surface area contributed by atoms with Crippen LogP contribution in [0.25, 0.3) is 0 Å². The highest BCUT2D eigenvalue weighted by molar-refractivity contribution is 5.46. The van der Waals surface area contributed by atoms with Gasteiger partial charge in [0.05, 0.1) is 5.69 Å². The molecule has 1 aromatic rings. The molecule has 1 rings (SSSR count). The minimum atomic E-state index is -0.141. The standard InChI is InChI=1S/C14H22FN/c1-4-6-12(7-5-2)16-14-9-8-11(3)10-13(14)15/h8-10,12,16H,4-7H2,1-3H3. The van der Waals surface area contributed by atoms with E-state index in [0.717, 1.165) is 31.2 Å². The number of rotatable bonds is 6. The molecular weight excluding hydrogens is 201 g/mol. The van der Waals surface area contributed by atoms with Crippen LogP contribution in [0.5, 0.6) is 0 Å². The van der Waals surface area contributed by atoms with Crippen molar-refractivity contribution in [2.24, 2.45) is 0 Å². The Bertz CT molecular complexity index is 317. The molecule has 0 unspecified atom stereocenters. The van der Waals surface area contributed by atoms with Crippen molar-refractivity contribution in [3.05, 3.63) is 29.6 Å². The van der Waals surface area contributed by atoms with Crippen molar-refractivity contribution in [2.75, 3.05) is 5.32 Å². The van der Waals surface area contributed by atoms with E-state index < -0.39 is 0 Å². The van der Waals surface area contributed by atoms with Crippen molar-refractivity contribution >= 4 is 5.69 Å². The summed E-state index contributed by atoms with van der Waals surface area (Å²) in [7, 11) is 0. The fourth-order valence-corrected chi connectivity index (χ4v) is 1.94. The zero-order valence-corrected chi connectivity index (χ0v) is 10.5. The van der Waals surface area contributed by atoms with Gasteiger partial charge in [-0.3, -0.25) is 0 Å². The molecule has 0 saturated heterocycles. The Morgan fingerprint density at radius 3 is 2.31 bits per heavy atom. The van der Waals surface area contributed by atoms with Crippen LogP contribution in [0.2, 0.25) is 0 Å². The summed E-state index contributed by atoms with van der Waals surface area (Å²) in [6.07, 6.45) is 4.46. The molecule has 0 atom stereocenters. The van der Waals surface area contributed by atoms with Crippen LogP contribution in [0.4, 0.5) is 10.1 Å². The maximum absolute atomic E-state index is 13.6. The van der Waals surface area contributed by atoms with Crippen molar-refractivity contribution < 1.29 is 4.39 Å². The highest BCUT2D eigenvalue weighted by atomic mass is 19.1. The van der Waals surface area contributed by atoms with Crippen molar-refractivity contribution in [1.82, 2.24) is 0 Å². The van der Waals surface area contributed by atoms with Gasteiger partial charge in [-0.15, -0.1) is 0 Å². The Labute approximate surface area is 98.1 Å². The van der Waals surface area contributed by atoms with E-state index >= 15 is 0 Å². The zero-order chi connectivity index (χ0) is 12.0. The fourth-order valence-electron chi connectivity index (χ4n) is 1.94. The van der Waals surface area contributed by atoms with E-state index in [2.05, 4.69) is 19.2 Å². The molecule has 0 aliphatic rings. The van der Waals surface area contributed by atoms with Crippen LogP contribution in [-0.2, 0) is 0 Å². The Morgan fingerprint density at radius 1 is 1.19 bits per heavy atom. The number of nitrogens with one attached hydrogen (secondary N) is 1. The molecule has 0 amide bonds. The van der Waals surface area contributed by atoms with Crippen LogP contribution in [0.15, 0.2) is 18.2 Å². The summed E-state index contributed by atoms with van der Waals surface area (Å²) < 4.78 is 13.6. The van der Waals surface area contributed by atoms with Gasteiger partial charge in [0.15, 0.2) is 0 Å². The lowest BCUT2D eigenvalue weighted by atomic mass is 10.1. The van der Waals surface area contributed by atoms with E-state index in [4.69, 9.17) is 0 Å². The van der Waals surface area contributed by atoms with E-state index in [1.54, 1.807) is 6.07 Å². The van der Waals surface area contributed by atoms with Crippen molar-refractivity contribution in [2.45, 2.75) is 52.5 Å². The molecule has 0 aromatic heterocycles. The zero-order valence-electron chi connectivity index (χ0n) is 10.5. The summed E-state index contributed by atoms with van der Waals surface area (Å²) in [5.41, 5.74) is 1.60. The quantitative estimate of drug-likeness (QED) is 0.748. The summed E-state index contributed by atoms with van der Waals surface area (Å²) in [5.74, 6) is -0.141. The summed E-state index contributed by atoms with van der Waals surface area (Å²) in [6.45, 7) is 6.23. The van der Waals surface area contributed by atoms with Crippen LogP contribution in [0.3, 0.4) is 0 Å². The number of anilines is 1. The lowest BCUT2D eigenvalue weighted by molar-refractivity contribution is 0.574. The minimum Gasteiger partial charge on any atom is -0.380 e. The van der Waals surface area contributed by atoms with Crippen molar-refractivity contribution in [1.29, 1.82) is 0 Å². The summed E-state index contributed by atoms with van der Waals surface area (Å²) in [4.78, 5) is 0. The second-order valence-electron chi connectivity index (χ2n) is 4.40. The first-order valence-electron chi connectivity index (χ1n) is 6.20.